The van der Waals surface area contributed by atoms with Crippen LogP contribution < -0.4 is 15.8 Å². The van der Waals surface area contributed by atoms with Crippen molar-refractivity contribution >= 4 is 24.0 Å². The second kappa shape index (κ2) is 9.89. The Balaban J connectivity index is 0.00000288. The largest absolute Gasteiger partial charge is 0.492 e. The van der Waals surface area contributed by atoms with Gasteiger partial charge in [0.05, 0.1) is 0 Å². The molecule has 8 heteroatoms. The van der Waals surface area contributed by atoms with E-state index in [-0.39, 0.29) is 30.7 Å². The van der Waals surface area contributed by atoms with Gasteiger partial charge >= 0.3 is 0 Å². The fraction of sp³-hybridized carbons (Fsp3) is 0.438. The number of amides is 1. The molecular formula is C16H23ClN4O3. The Kier molecular flexibility index (Phi) is 8.21. The van der Waals surface area contributed by atoms with Crippen LogP contribution in [0.15, 0.2) is 28.8 Å². The number of benzene rings is 1. The van der Waals surface area contributed by atoms with Gasteiger partial charge in [0.1, 0.15) is 12.4 Å². The lowest BCUT2D eigenvalue weighted by molar-refractivity contribution is -0.116. The molecule has 0 aliphatic heterocycles. The molecule has 0 atom stereocenters. The zero-order valence-electron chi connectivity index (χ0n) is 13.8. The number of halogens is 1. The van der Waals surface area contributed by atoms with Gasteiger partial charge in [-0.1, -0.05) is 19.0 Å². The van der Waals surface area contributed by atoms with Crippen LogP contribution in [0.25, 0.3) is 0 Å². The first-order valence-corrected chi connectivity index (χ1v) is 7.63. The van der Waals surface area contributed by atoms with Crippen LogP contribution >= 0.6 is 12.4 Å². The van der Waals surface area contributed by atoms with E-state index in [1.807, 2.05) is 13.8 Å². The van der Waals surface area contributed by atoms with Gasteiger partial charge in [-0.25, -0.2) is 0 Å². The van der Waals surface area contributed by atoms with Crippen LogP contribution in [-0.4, -0.2) is 29.2 Å². The standard InChI is InChI=1S/C16H22N4O3.ClH/c1-11(2)16-19-15(23-20-16)8-7-14(21)18-12-3-5-13(6-4-12)22-10-9-17;/h3-6,11H,7-10,17H2,1-2H3,(H,18,21);1H. The SMILES string of the molecule is CC(C)c1noc(CCC(=O)Nc2ccc(OCCN)cc2)n1.Cl. The molecule has 7 nitrogen and oxygen atoms in total. The predicted octanol–water partition coefficient (Wildman–Crippen LogP) is 2.52. The van der Waals surface area contributed by atoms with Crippen LogP contribution in [0, 0.1) is 0 Å². The molecule has 0 aliphatic rings. The average Bonchev–Trinajstić information content (AvgIpc) is 3.01. The number of nitrogens with zero attached hydrogens (tertiary/aromatic N) is 2. The van der Waals surface area contributed by atoms with Crippen molar-refractivity contribution in [3.05, 3.63) is 36.0 Å². The van der Waals surface area contributed by atoms with Crippen LogP contribution in [0.4, 0.5) is 5.69 Å². The third kappa shape index (κ3) is 6.17. The third-order valence-corrected chi connectivity index (χ3v) is 3.09. The van der Waals surface area contributed by atoms with E-state index in [1.165, 1.54) is 0 Å². The fourth-order valence-corrected chi connectivity index (χ4v) is 1.86. The molecule has 1 amide bonds. The summed E-state index contributed by atoms with van der Waals surface area (Å²) in [6, 6.07) is 7.15. The fourth-order valence-electron chi connectivity index (χ4n) is 1.86. The van der Waals surface area contributed by atoms with Crippen molar-refractivity contribution in [1.82, 2.24) is 10.1 Å². The summed E-state index contributed by atoms with van der Waals surface area (Å²) in [5.41, 5.74) is 6.08. The van der Waals surface area contributed by atoms with E-state index in [0.29, 0.717) is 37.0 Å². The second-order valence-corrected chi connectivity index (χ2v) is 5.41. The van der Waals surface area contributed by atoms with E-state index >= 15 is 0 Å². The number of nitrogens with two attached hydrogens (primary N) is 1. The molecule has 1 aromatic heterocycles. The molecule has 0 radical (unpaired) electrons. The minimum atomic E-state index is -0.107. The van der Waals surface area contributed by atoms with Crippen LogP contribution in [0.2, 0.25) is 0 Å². The summed E-state index contributed by atoms with van der Waals surface area (Å²) in [5, 5.41) is 6.69. The smallest absolute Gasteiger partial charge is 0.227 e. The number of aromatic nitrogens is 2. The molecule has 3 N–H and O–H groups in total. The normalized spacial score (nSPS) is 10.3. The molecule has 0 fully saturated rings. The van der Waals surface area contributed by atoms with Crippen molar-refractivity contribution in [3.63, 3.8) is 0 Å². The lowest BCUT2D eigenvalue weighted by atomic mass is 10.2. The molecule has 0 saturated heterocycles. The van der Waals surface area contributed by atoms with Gasteiger partial charge in [0.25, 0.3) is 0 Å². The average molecular weight is 355 g/mol. The Morgan fingerprint density at radius 1 is 1.33 bits per heavy atom. The summed E-state index contributed by atoms with van der Waals surface area (Å²) in [6.07, 6.45) is 0.703. The van der Waals surface area contributed by atoms with Gasteiger partial charge in [-0.3, -0.25) is 4.79 Å². The summed E-state index contributed by atoms with van der Waals surface area (Å²) in [7, 11) is 0. The van der Waals surface area contributed by atoms with Gasteiger partial charge in [0.15, 0.2) is 5.82 Å². The highest BCUT2D eigenvalue weighted by atomic mass is 35.5. The lowest BCUT2D eigenvalue weighted by Crippen LogP contribution is -2.13. The van der Waals surface area contributed by atoms with Crippen LogP contribution in [0.5, 0.6) is 5.75 Å². The highest BCUT2D eigenvalue weighted by Gasteiger charge is 2.11. The number of aryl methyl sites for hydroxylation is 1. The summed E-state index contributed by atoms with van der Waals surface area (Å²) in [6.45, 7) is 4.91. The number of carbonyl (C=O) groups excluding carboxylic acids is 1. The minimum Gasteiger partial charge on any atom is -0.492 e. The second-order valence-electron chi connectivity index (χ2n) is 5.41. The number of hydrogen-bond donors (Lipinski definition) is 2. The Hall–Kier alpha value is -2.12. The molecule has 132 valence electrons. The van der Waals surface area contributed by atoms with Gasteiger partial charge in [-0.05, 0) is 24.3 Å². The van der Waals surface area contributed by atoms with Crippen molar-refractivity contribution in [2.75, 3.05) is 18.5 Å². The predicted molar refractivity (Wildman–Crippen MR) is 93.6 cm³/mol. The zero-order valence-corrected chi connectivity index (χ0v) is 14.6. The molecule has 0 aliphatic carbocycles. The molecule has 0 bridgehead atoms. The van der Waals surface area contributed by atoms with Crippen molar-refractivity contribution in [2.45, 2.75) is 32.6 Å². The number of hydrogen-bond acceptors (Lipinski definition) is 6. The minimum absolute atomic E-state index is 0. The van der Waals surface area contributed by atoms with Crippen LogP contribution in [-0.2, 0) is 11.2 Å². The van der Waals surface area contributed by atoms with Gasteiger partial charge in [0, 0.05) is 31.0 Å². The van der Waals surface area contributed by atoms with E-state index in [0.717, 1.165) is 5.75 Å². The Morgan fingerprint density at radius 2 is 2.04 bits per heavy atom. The van der Waals surface area contributed by atoms with E-state index in [2.05, 4.69) is 15.5 Å². The van der Waals surface area contributed by atoms with Gasteiger partial charge in [-0.2, -0.15) is 4.98 Å². The summed E-state index contributed by atoms with van der Waals surface area (Å²) in [5.74, 6) is 1.97. The molecule has 0 spiro atoms. The highest BCUT2D eigenvalue weighted by molar-refractivity contribution is 5.90. The Labute approximate surface area is 147 Å². The first-order valence-electron chi connectivity index (χ1n) is 7.63. The van der Waals surface area contributed by atoms with Crippen LogP contribution in [0.3, 0.4) is 0 Å². The monoisotopic (exact) mass is 354 g/mol. The van der Waals surface area contributed by atoms with Gasteiger partial charge < -0.3 is 20.3 Å². The number of ether oxygens (including phenoxy) is 1. The molecular weight excluding hydrogens is 332 g/mol. The topological polar surface area (TPSA) is 103 Å². The number of rotatable bonds is 8. The Morgan fingerprint density at radius 3 is 2.62 bits per heavy atom. The number of carbonyl (C=O) groups is 1. The summed E-state index contributed by atoms with van der Waals surface area (Å²) in [4.78, 5) is 16.2. The molecule has 1 aromatic carbocycles. The quantitative estimate of drug-likeness (QED) is 0.755. The van der Waals surface area contributed by atoms with E-state index < -0.39 is 0 Å². The maximum absolute atomic E-state index is 11.9. The molecule has 1 heterocycles. The van der Waals surface area contributed by atoms with Crippen LogP contribution in [0.1, 0.15) is 37.9 Å². The molecule has 0 unspecified atom stereocenters. The van der Waals surface area contributed by atoms with Gasteiger partial charge in [-0.15, -0.1) is 12.4 Å². The van der Waals surface area contributed by atoms with Crippen molar-refractivity contribution in [3.8, 4) is 5.75 Å². The maximum atomic E-state index is 11.9. The van der Waals surface area contributed by atoms with Crippen molar-refractivity contribution < 1.29 is 14.1 Å². The molecule has 24 heavy (non-hydrogen) atoms. The highest BCUT2D eigenvalue weighted by Crippen LogP contribution is 2.16. The van der Waals surface area contributed by atoms with E-state index in [1.54, 1.807) is 24.3 Å². The molecule has 0 saturated carbocycles. The molecule has 2 rings (SSSR count). The Bertz CT molecular complexity index is 629. The summed E-state index contributed by atoms with van der Waals surface area (Å²) < 4.78 is 10.5. The van der Waals surface area contributed by atoms with Crippen molar-refractivity contribution in [2.24, 2.45) is 5.73 Å². The zero-order chi connectivity index (χ0) is 16.7. The first-order chi connectivity index (χ1) is 11.1. The first kappa shape index (κ1) is 19.9. The maximum Gasteiger partial charge on any atom is 0.227 e. The number of nitrogens with one attached hydrogen (secondary N) is 1. The van der Waals surface area contributed by atoms with E-state index in [9.17, 15) is 4.79 Å². The molecule has 2 aromatic rings. The van der Waals surface area contributed by atoms with E-state index in [4.69, 9.17) is 15.0 Å². The lowest BCUT2D eigenvalue weighted by Gasteiger charge is -2.07. The van der Waals surface area contributed by atoms with Gasteiger partial charge in [0.2, 0.25) is 11.8 Å². The van der Waals surface area contributed by atoms with Crippen molar-refractivity contribution in [1.29, 1.82) is 0 Å². The number of anilines is 1. The third-order valence-electron chi connectivity index (χ3n) is 3.09. The summed E-state index contributed by atoms with van der Waals surface area (Å²) >= 11 is 0.